The predicted octanol–water partition coefficient (Wildman–Crippen LogP) is 2.62. The van der Waals surface area contributed by atoms with Gasteiger partial charge in [0.05, 0.1) is 13.5 Å². The first kappa shape index (κ1) is 25.5. The fraction of sp³-hybridized carbons (Fsp3) is 0.560. The first-order valence-corrected chi connectivity index (χ1v) is 12.4. The summed E-state index contributed by atoms with van der Waals surface area (Å²) in [5.74, 6) is 1.40. The molecule has 2 fully saturated rings. The number of carbonyl (C=O) groups is 3. The van der Waals surface area contributed by atoms with Crippen LogP contribution in [0.5, 0.6) is 5.88 Å². The van der Waals surface area contributed by atoms with E-state index in [9.17, 15) is 14.4 Å². The number of alkyl carbamates (subject to hydrolysis) is 1. The van der Waals surface area contributed by atoms with Gasteiger partial charge < -0.3 is 25.0 Å². The minimum atomic E-state index is -0.389. The lowest BCUT2D eigenvalue weighted by Crippen LogP contribution is -2.41. The summed E-state index contributed by atoms with van der Waals surface area (Å²) < 4.78 is 10.7. The van der Waals surface area contributed by atoms with Gasteiger partial charge in [0.25, 0.3) is 0 Å². The Hall–Kier alpha value is -3.63. The minimum absolute atomic E-state index is 0.106. The van der Waals surface area contributed by atoms with Crippen molar-refractivity contribution in [2.24, 2.45) is 5.92 Å². The second kappa shape index (κ2) is 11.9. The van der Waals surface area contributed by atoms with Gasteiger partial charge in [0.15, 0.2) is 5.82 Å². The van der Waals surface area contributed by atoms with Crippen molar-refractivity contribution in [1.29, 1.82) is 0 Å². The Morgan fingerprint density at radius 2 is 1.97 bits per heavy atom. The van der Waals surface area contributed by atoms with Crippen LogP contribution >= 0.6 is 0 Å². The molecular weight excluding hydrogens is 464 g/mol. The van der Waals surface area contributed by atoms with Crippen molar-refractivity contribution < 1.29 is 23.9 Å². The van der Waals surface area contributed by atoms with Crippen molar-refractivity contribution in [3.63, 3.8) is 0 Å². The number of likely N-dealkylation sites (tertiary alicyclic amines) is 1. The molecule has 2 aliphatic rings. The van der Waals surface area contributed by atoms with Crippen LogP contribution in [-0.2, 0) is 20.7 Å². The van der Waals surface area contributed by atoms with Crippen molar-refractivity contribution in [2.45, 2.75) is 57.5 Å². The molecule has 2 aromatic heterocycles. The third-order valence-electron chi connectivity index (χ3n) is 6.93. The predicted molar refractivity (Wildman–Crippen MR) is 132 cm³/mol. The molecule has 1 saturated carbocycles. The van der Waals surface area contributed by atoms with Crippen LogP contribution in [-0.4, -0.2) is 70.8 Å². The molecule has 11 heteroatoms. The fourth-order valence-corrected chi connectivity index (χ4v) is 4.86. The van der Waals surface area contributed by atoms with Gasteiger partial charge in [0, 0.05) is 56.5 Å². The van der Waals surface area contributed by atoms with Crippen molar-refractivity contribution in [1.82, 2.24) is 25.4 Å². The fourth-order valence-electron chi connectivity index (χ4n) is 4.86. The number of hydrogen-bond donors (Lipinski definition) is 3. The number of carbonyl (C=O) groups excluding carboxylic acids is 3. The summed E-state index contributed by atoms with van der Waals surface area (Å²) in [4.78, 5) is 42.0. The maximum atomic E-state index is 12.4. The highest BCUT2D eigenvalue weighted by molar-refractivity contribution is 5.91. The highest BCUT2D eigenvalue weighted by atomic mass is 16.6. The zero-order valence-corrected chi connectivity index (χ0v) is 20.8. The van der Waals surface area contributed by atoms with E-state index in [0.717, 1.165) is 50.0 Å². The topological polar surface area (TPSA) is 139 Å². The van der Waals surface area contributed by atoms with Gasteiger partial charge in [0.1, 0.15) is 6.10 Å². The molecule has 2 atom stereocenters. The number of nitrogens with zero attached hydrogens (tertiary/aromatic N) is 3. The Balaban J connectivity index is 1.18. The number of nitrogens with one attached hydrogen (secondary N) is 3. The molecule has 0 radical (unpaired) electrons. The van der Waals surface area contributed by atoms with Crippen LogP contribution in [0.15, 0.2) is 24.4 Å². The van der Waals surface area contributed by atoms with E-state index in [1.54, 1.807) is 25.3 Å². The Kier molecular flexibility index (Phi) is 8.40. The average Bonchev–Trinajstić information content (AvgIpc) is 3.52. The molecular formula is C25H34N6O5. The largest absolute Gasteiger partial charge is 0.481 e. The van der Waals surface area contributed by atoms with Crippen molar-refractivity contribution in [3.8, 4) is 5.88 Å². The highest BCUT2D eigenvalue weighted by Crippen LogP contribution is 2.35. The summed E-state index contributed by atoms with van der Waals surface area (Å²) in [6.45, 7) is 3.64. The van der Waals surface area contributed by atoms with Gasteiger partial charge in [-0.05, 0) is 49.7 Å². The first-order chi connectivity index (χ1) is 17.4. The van der Waals surface area contributed by atoms with Crippen LogP contribution in [0.2, 0.25) is 0 Å². The summed E-state index contributed by atoms with van der Waals surface area (Å²) in [7, 11) is 1.53. The van der Waals surface area contributed by atoms with Crippen molar-refractivity contribution >= 4 is 23.7 Å². The molecule has 0 spiro atoms. The summed E-state index contributed by atoms with van der Waals surface area (Å²) in [6.07, 6.45) is 5.38. The van der Waals surface area contributed by atoms with E-state index in [0.29, 0.717) is 30.6 Å². The maximum absolute atomic E-state index is 12.4. The molecule has 1 aliphatic heterocycles. The molecule has 11 nitrogen and oxygen atoms in total. The zero-order valence-electron chi connectivity index (χ0n) is 20.8. The van der Waals surface area contributed by atoms with Crippen LogP contribution < -0.4 is 15.4 Å². The van der Waals surface area contributed by atoms with E-state index in [2.05, 4.69) is 25.8 Å². The van der Waals surface area contributed by atoms with Crippen LogP contribution in [0.1, 0.15) is 56.2 Å². The number of pyridine rings is 1. The van der Waals surface area contributed by atoms with Gasteiger partial charge in [-0.2, -0.15) is 5.10 Å². The summed E-state index contributed by atoms with van der Waals surface area (Å²) in [5, 5.41) is 12.9. The molecule has 3 amide bonds. The Labute approximate surface area is 210 Å². The number of aromatic amines is 1. The molecule has 0 bridgehead atoms. The lowest BCUT2D eigenvalue weighted by molar-refractivity contribution is -0.130. The van der Waals surface area contributed by atoms with Crippen LogP contribution in [0.25, 0.3) is 0 Å². The number of methoxy groups -OCH3 is 1. The molecule has 36 heavy (non-hydrogen) atoms. The smallest absolute Gasteiger partial charge is 0.407 e. The molecule has 1 saturated heterocycles. The van der Waals surface area contributed by atoms with Crippen LogP contribution in [0, 0.1) is 5.92 Å². The summed E-state index contributed by atoms with van der Waals surface area (Å²) in [6, 6.07) is 5.33. The van der Waals surface area contributed by atoms with E-state index in [4.69, 9.17) is 9.47 Å². The molecule has 1 unspecified atom stereocenters. The molecule has 3 N–H and O–H groups in total. The number of anilines is 1. The molecule has 3 heterocycles. The van der Waals surface area contributed by atoms with E-state index >= 15 is 0 Å². The Bertz CT molecular complexity index is 1060. The number of amides is 3. The van der Waals surface area contributed by atoms with E-state index in [-0.39, 0.29) is 36.4 Å². The number of aromatic nitrogens is 3. The van der Waals surface area contributed by atoms with E-state index in [1.165, 1.54) is 7.11 Å². The third kappa shape index (κ3) is 6.96. The first-order valence-electron chi connectivity index (χ1n) is 12.4. The maximum Gasteiger partial charge on any atom is 0.407 e. The van der Waals surface area contributed by atoms with Crippen molar-refractivity contribution in [2.75, 3.05) is 32.1 Å². The summed E-state index contributed by atoms with van der Waals surface area (Å²) in [5.41, 5.74) is 1.71. The molecule has 2 aromatic rings. The summed E-state index contributed by atoms with van der Waals surface area (Å²) >= 11 is 0. The number of ether oxygens (including phenoxy) is 2. The molecule has 0 aromatic carbocycles. The van der Waals surface area contributed by atoms with Gasteiger partial charge in [-0.3, -0.25) is 14.7 Å². The Morgan fingerprint density at radius 3 is 2.72 bits per heavy atom. The SMILES string of the molecule is COc1cc(CC(=O)Nc2cc([C@@H]3CCC(OC(=O)NCC4CCN(C(C)=O)CC4)C3)[nH]n2)ccn1. The van der Waals surface area contributed by atoms with Gasteiger partial charge in [-0.1, -0.05) is 0 Å². The number of rotatable bonds is 8. The number of piperidine rings is 1. The third-order valence-corrected chi connectivity index (χ3v) is 6.93. The second-order valence-electron chi connectivity index (χ2n) is 9.51. The monoisotopic (exact) mass is 498 g/mol. The minimum Gasteiger partial charge on any atom is -0.481 e. The van der Waals surface area contributed by atoms with Gasteiger partial charge in [0.2, 0.25) is 17.7 Å². The molecule has 4 rings (SSSR count). The van der Waals surface area contributed by atoms with Gasteiger partial charge in [-0.25, -0.2) is 9.78 Å². The Morgan fingerprint density at radius 1 is 1.17 bits per heavy atom. The normalized spacial score (nSPS) is 20.1. The van der Waals surface area contributed by atoms with E-state index in [1.807, 2.05) is 11.0 Å². The lowest BCUT2D eigenvalue weighted by Gasteiger charge is -2.31. The molecule has 194 valence electrons. The number of hydrogen-bond acceptors (Lipinski definition) is 7. The van der Waals surface area contributed by atoms with Crippen molar-refractivity contribution in [3.05, 3.63) is 35.7 Å². The zero-order chi connectivity index (χ0) is 25.5. The standard InChI is InChI=1S/C25H34N6O5/c1-16(32)31-9-6-17(7-10-31)15-27-25(34)36-20-4-3-19(13-20)21-14-22(30-29-21)28-23(33)11-18-5-8-26-24(12-18)35-2/h5,8,12,14,17,19-20H,3-4,6-7,9-11,13,15H2,1-2H3,(H,27,34)(H2,28,29,30,33)/t19-,20?/m1/s1. The van der Waals surface area contributed by atoms with Crippen LogP contribution in [0.3, 0.4) is 0 Å². The quantitative estimate of drug-likeness (QED) is 0.508. The van der Waals surface area contributed by atoms with Crippen LogP contribution in [0.4, 0.5) is 10.6 Å². The lowest BCUT2D eigenvalue weighted by atomic mass is 9.97. The molecule has 1 aliphatic carbocycles. The van der Waals surface area contributed by atoms with Gasteiger partial charge >= 0.3 is 6.09 Å². The average molecular weight is 499 g/mol. The highest BCUT2D eigenvalue weighted by Gasteiger charge is 2.30. The van der Waals surface area contributed by atoms with E-state index < -0.39 is 0 Å². The van der Waals surface area contributed by atoms with Gasteiger partial charge in [-0.15, -0.1) is 0 Å². The second-order valence-corrected chi connectivity index (χ2v) is 9.51. The number of H-pyrrole nitrogens is 1.